The summed E-state index contributed by atoms with van der Waals surface area (Å²) in [7, 11) is 4.31. The zero-order valence-electron chi connectivity index (χ0n) is 25.7. The van der Waals surface area contributed by atoms with E-state index in [-0.39, 0.29) is 0 Å². The lowest BCUT2D eigenvalue weighted by atomic mass is 9.88. The minimum absolute atomic E-state index is 1.20. The molecule has 0 aliphatic carbocycles. The molecule has 1 heteroatoms. The van der Waals surface area contributed by atoms with E-state index < -0.39 is 0 Å². The summed E-state index contributed by atoms with van der Waals surface area (Å²) in [5, 5.41) is 0. The van der Waals surface area contributed by atoms with Gasteiger partial charge in [0.2, 0.25) is 0 Å². The van der Waals surface area contributed by atoms with Crippen molar-refractivity contribution in [2.45, 2.75) is 0 Å². The van der Waals surface area contributed by atoms with E-state index >= 15 is 0 Å². The van der Waals surface area contributed by atoms with Crippen molar-refractivity contribution in [2.24, 2.45) is 0 Å². The molecule has 1 nitrogen and oxygen atoms in total. The van der Waals surface area contributed by atoms with E-state index in [0.717, 1.165) is 0 Å². The second-order valence-electron chi connectivity index (χ2n) is 11.7. The lowest BCUT2D eigenvalue weighted by molar-refractivity contribution is 1.13. The van der Waals surface area contributed by atoms with Gasteiger partial charge in [-0.1, -0.05) is 140 Å². The van der Waals surface area contributed by atoms with Crippen LogP contribution in [0.25, 0.3) is 66.8 Å². The lowest BCUT2D eigenvalue weighted by Crippen LogP contribution is -2.11. The summed E-state index contributed by atoms with van der Waals surface area (Å²) in [5.41, 5.74) is 15.7. The third-order valence-electron chi connectivity index (χ3n) is 8.40. The van der Waals surface area contributed by atoms with Crippen LogP contribution in [0.4, 0.5) is 5.69 Å². The van der Waals surface area contributed by atoms with E-state index in [9.17, 15) is 0 Å². The third-order valence-corrected chi connectivity index (χ3v) is 8.40. The van der Waals surface area contributed by atoms with Gasteiger partial charge in [-0.2, -0.15) is 0 Å². The summed E-state index contributed by atoms with van der Waals surface area (Å²) < 4.78 is 0. The van der Waals surface area contributed by atoms with Crippen LogP contribution in [0.1, 0.15) is 0 Å². The quantitative estimate of drug-likeness (QED) is 0.182. The van der Waals surface area contributed by atoms with Gasteiger partial charge in [0, 0.05) is 25.2 Å². The van der Waals surface area contributed by atoms with Crippen molar-refractivity contribution in [1.82, 2.24) is 0 Å². The first kappa shape index (κ1) is 28.1. The molecule has 0 radical (unpaired) electrons. The molecule has 0 saturated carbocycles. The number of para-hydroxylation sites is 1. The van der Waals surface area contributed by atoms with Gasteiger partial charge in [0.05, 0.1) is 5.69 Å². The second-order valence-corrected chi connectivity index (χ2v) is 11.7. The van der Waals surface area contributed by atoms with Gasteiger partial charge < -0.3 is 4.90 Å². The molecule has 7 aromatic carbocycles. The van der Waals surface area contributed by atoms with E-state index in [0.29, 0.717) is 0 Å². The molecule has 0 saturated heterocycles. The first-order valence-corrected chi connectivity index (χ1v) is 15.5. The Morgan fingerprint density at radius 3 is 0.800 bits per heavy atom. The Hall–Kier alpha value is -5.66. The Kier molecular flexibility index (Phi) is 7.83. The molecule has 0 spiro atoms. The zero-order valence-corrected chi connectivity index (χ0v) is 25.7. The third kappa shape index (κ3) is 5.94. The Morgan fingerprint density at radius 1 is 0.267 bits per heavy atom. The molecule has 7 aromatic rings. The van der Waals surface area contributed by atoms with Crippen molar-refractivity contribution >= 4 is 5.69 Å². The topological polar surface area (TPSA) is 3.24 Å². The summed E-state index contributed by atoms with van der Waals surface area (Å²) >= 11 is 0. The fourth-order valence-corrected chi connectivity index (χ4v) is 6.25. The highest BCUT2D eigenvalue weighted by atomic mass is 15.1. The van der Waals surface area contributed by atoms with Crippen molar-refractivity contribution < 1.29 is 0 Å². The molecule has 7 rings (SSSR count). The molecular weight excluding hydrogens is 542 g/mol. The molecule has 0 aliphatic rings. The molecule has 45 heavy (non-hydrogen) atoms. The Balaban J connectivity index is 1.45. The van der Waals surface area contributed by atoms with Gasteiger partial charge in [0.25, 0.3) is 0 Å². The van der Waals surface area contributed by atoms with Crippen LogP contribution in [0.5, 0.6) is 0 Å². The van der Waals surface area contributed by atoms with Crippen LogP contribution < -0.4 is 4.90 Å². The van der Waals surface area contributed by atoms with Gasteiger partial charge in [-0.3, -0.25) is 0 Å². The van der Waals surface area contributed by atoms with E-state index in [1.165, 1.54) is 72.4 Å². The second kappa shape index (κ2) is 12.5. The Morgan fingerprint density at radius 2 is 0.533 bits per heavy atom. The first-order valence-electron chi connectivity index (χ1n) is 15.5. The van der Waals surface area contributed by atoms with Crippen molar-refractivity contribution in [2.75, 3.05) is 19.0 Å². The lowest BCUT2D eigenvalue weighted by Gasteiger charge is -2.24. The largest absolute Gasteiger partial charge is 0.377 e. The number of hydrogen-bond acceptors (Lipinski definition) is 1. The molecule has 0 heterocycles. The molecule has 0 N–H and O–H groups in total. The van der Waals surface area contributed by atoms with Gasteiger partial charge in [-0.25, -0.2) is 0 Å². The molecule has 0 aromatic heterocycles. The number of nitrogens with zero attached hydrogens (tertiary/aromatic N) is 1. The van der Waals surface area contributed by atoms with Crippen molar-refractivity contribution in [3.8, 4) is 66.8 Å². The van der Waals surface area contributed by atoms with Crippen LogP contribution in [0.15, 0.2) is 176 Å². The van der Waals surface area contributed by atoms with E-state index in [2.05, 4.69) is 195 Å². The molecule has 0 atom stereocenters. The maximum absolute atomic E-state index is 2.34. The minimum atomic E-state index is 1.20. The zero-order chi connectivity index (χ0) is 30.6. The SMILES string of the molecule is CN(C)c1c(-c2cc(-c3ccccc3)cc(-c3ccccc3)c2)cccc1-c1cc(-c2ccccc2)cc(-c2ccccc2)c1. The normalized spacial score (nSPS) is 10.9. The Bertz CT molecular complexity index is 1780. The highest BCUT2D eigenvalue weighted by Crippen LogP contribution is 2.43. The maximum atomic E-state index is 2.34. The van der Waals surface area contributed by atoms with Gasteiger partial charge in [0.1, 0.15) is 0 Å². The predicted molar refractivity (Wildman–Crippen MR) is 193 cm³/mol. The van der Waals surface area contributed by atoms with E-state index in [4.69, 9.17) is 0 Å². The molecule has 0 fully saturated rings. The molecule has 0 amide bonds. The molecular formula is C44H35N. The van der Waals surface area contributed by atoms with Crippen molar-refractivity contribution in [3.63, 3.8) is 0 Å². The van der Waals surface area contributed by atoms with Gasteiger partial charge in [0.15, 0.2) is 0 Å². The highest BCUT2D eigenvalue weighted by molar-refractivity contribution is 5.95. The smallest absolute Gasteiger partial charge is 0.0520 e. The number of hydrogen-bond donors (Lipinski definition) is 0. The summed E-state index contributed by atoms with van der Waals surface area (Å²) in [6, 6.07) is 63.4. The van der Waals surface area contributed by atoms with Crippen molar-refractivity contribution in [1.29, 1.82) is 0 Å². The van der Waals surface area contributed by atoms with Crippen LogP contribution in [0, 0.1) is 0 Å². The fourth-order valence-electron chi connectivity index (χ4n) is 6.25. The Labute approximate surface area is 266 Å². The molecule has 0 aliphatic heterocycles. The minimum Gasteiger partial charge on any atom is -0.377 e. The van der Waals surface area contributed by atoms with Gasteiger partial charge in [-0.05, 0) is 92.0 Å². The summed E-state index contributed by atoms with van der Waals surface area (Å²) in [5.74, 6) is 0. The molecule has 216 valence electrons. The fraction of sp³-hybridized carbons (Fsp3) is 0.0455. The predicted octanol–water partition coefficient (Wildman–Crippen LogP) is 11.8. The van der Waals surface area contributed by atoms with E-state index in [1.54, 1.807) is 0 Å². The van der Waals surface area contributed by atoms with Gasteiger partial charge >= 0.3 is 0 Å². The number of benzene rings is 7. The average molecular weight is 578 g/mol. The molecule has 0 bridgehead atoms. The summed E-state index contributed by atoms with van der Waals surface area (Å²) in [4.78, 5) is 2.26. The average Bonchev–Trinajstić information content (AvgIpc) is 3.12. The van der Waals surface area contributed by atoms with E-state index in [1.807, 2.05) is 0 Å². The standard InChI is InChI=1S/C44H35N/c1-45(2)44-42(40-28-36(32-16-7-3-8-17-32)26-37(29-40)33-18-9-4-10-19-33)24-15-25-43(44)41-30-38(34-20-11-5-12-21-34)27-39(31-41)35-22-13-6-14-23-35/h3-31H,1-2H3. The van der Waals surface area contributed by atoms with Crippen molar-refractivity contribution in [3.05, 3.63) is 176 Å². The number of anilines is 1. The highest BCUT2D eigenvalue weighted by Gasteiger charge is 2.17. The van der Waals surface area contributed by atoms with Crippen LogP contribution >= 0.6 is 0 Å². The number of rotatable bonds is 7. The van der Waals surface area contributed by atoms with Crippen LogP contribution in [0.2, 0.25) is 0 Å². The van der Waals surface area contributed by atoms with Gasteiger partial charge in [-0.15, -0.1) is 0 Å². The monoisotopic (exact) mass is 577 g/mol. The first-order chi connectivity index (χ1) is 22.1. The summed E-state index contributed by atoms with van der Waals surface area (Å²) in [6.07, 6.45) is 0. The van der Waals surface area contributed by atoms with Crippen LogP contribution in [0.3, 0.4) is 0 Å². The van der Waals surface area contributed by atoms with Crippen LogP contribution in [-0.2, 0) is 0 Å². The van der Waals surface area contributed by atoms with Crippen LogP contribution in [-0.4, -0.2) is 14.1 Å². The maximum Gasteiger partial charge on any atom is 0.0520 e. The molecule has 0 unspecified atom stereocenters. The summed E-state index contributed by atoms with van der Waals surface area (Å²) in [6.45, 7) is 0.